The number of anilines is 1. The van der Waals surface area contributed by atoms with Crippen LogP contribution in [0, 0.1) is 0 Å². The highest BCUT2D eigenvalue weighted by Crippen LogP contribution is 2.38. The summed E-state index contributed by atoms with van der Waals surface area (Å²) in [4.78, 5) is 37.7. The van der Waals surface area contributed by atoms with Crippen LogP contribution in [0.4, 0.5) is 10.5 Å². The van der Waals surface area contributed by atoms with E-state index in [1.165, 1.54) is 7.11 Å². The van der Waals surface area contributed by atoms with E-state index in [9.17, 15) is 14.4 Å². The Morgan fingerprint density at radius 1 is 1.14 bits per heavy atom. The number of amides is 2. The number of hydrogen-bond donors (Lipinski definition) is 0. The molecule has 0 aliphatic carbocycles. The Balaban J connectivity index is 1.85. The average Bonchev–Trinajstić information content (AvgIpc) is 2.94. The van der Waals surface area contributed by atoms with E-state index >= 15 is 0 Å². The van der Waals surface area contributed by atoms with Crippen LogP contribution in [0.1, 0.15) is 5.56 Å². The van der Waals surface area contributed by atoms with Gasteiger partial charge in [-0.15, -0.1) is 0 Å². The first-order valence-electron chi connectivity index (χ1n) is 7.92. The zero-order chi connectivity index (χ0) is 20.3. The van der Waals surface area contributed by atoms with Gasteiger partial charge in [-0.2, -0.15) is 0 Å². The highest BCUT2D eigenvalue weighted by Gasteiger charge is 2.36. The van der Waals surface area contributed by atoms with Crippen LogP contribution in [-0.4, -0.2) is 30.8 Å². The van der Waals surface area contributed by atoms with E-state index in [1.807, 2.05) is 6.07 Å². The van der Waals surface area contributed by atoms with Crippen molar-refractivity contribution in [3.05, 3.63) is 61.9 Å². The fraction of sp³-hybridized carbons (Fsp3) is 0.105. The standard InChI is InChI=1S/C19H13Br2NO5S/c1-26-16(23)10-27-17-13(20)7-11(8-14(17)21)9-15-18(24)22(19(25)28-15)12-5-3-2-4-6-12/h2-9H,10H2,1H3/b15-9-. The second-order valence-electron chi connectivity index (χ2n) is 5.53. The van der Waals surface area contributed by atoms with E-state index < -0.39 is 5.97 Å². The first kappa shape index (κ1) is 20.6. The molecule has 1 fully saturated rings. The maximum atomic E-state index is 12.7. The Labute approximate surface area is 182 Å². The molecular weight excluding hydrogens is 514 g/mol. The summed E-state index contributed by atoms with van der Waals surface area (Å²) in [5.74, 6) is -0.447. The van der Waals surface area contributed by atoms with E-state index in [0.717, 1.165) is 16.7 Å². The van der Waals surface area contributed by atoms with Gasteiger partial charge in [-0.25, -0.2) is 9.69 Å². The monoisotopic (exact) mass is 525 g/mol. The predicted octanol–water partition coefficient (Wildman–Crippen LogP) is 5.00. The largest absolute Gasteiger partial charge is 0.480 e. The van der Waals surface area contributed by atoms with Crippen molar-refractivity contribution in [3.63, 3.8) is 0 Å². The van der Waals surface area contributed by atoms with Gasteiger partial charge in [0.15, 0.2) is 6.61 Å². The van der Waals surface area contributed by atoms with Gasteiger partial charge in [-0.05, 0) is 79.5 Å². The lowest BCUT2D eigenvalue weighted by Gasteiger charge is -2.12. The number of hydrogen-bond acceptors (Lipinski definition) is 6. The molecule has 1 saturated heterocycles. The number of esters is 1. The van der Waals surface area contributed by atoms with Crippen molar-refractivity contribution in [2.24, 2.45) is 0 Å². The van der Waals surface area contributed by atoms with Crippen molar-refractivity contribution in [1.29, 1.82) is 0 Å². The van der Waals surface area contributed by atoms with Gasteiger partial charge in [-0.1, -0.05) is 18.2 Å². The van der Waals surface area contributed by atoms with E-state index in [2.05, 4.69) is 36.6 Å². The van der Waals surface area contributed by atoms with Crippen LogP contribution in [0.15, 0.2) is 56.3 Å². The molecule has 0 N–H and O–H groups in total. The van der Waals surface area contributed by atoms with Gasteiger partial charge >= 0.3 is 5.97 Å². The molecule has 28 heavy (non-hydrogen) atoms. The maximum absolute atomic E-state index is 12.7. The van der Waals surface area contributed by atoms with Crippen molar-refractivity contribution in [2.75, 3.05) is 18.6 Å². The van der Waals surface area contributed by atoms with Crippen molar-refractivity contribution >= 4 is 72.5 Å². The zero-order valence-corrected chi connectivity index (χ0v) is 18.5. The molecule has 0 saturated carbocycles. The molecule has 0 unspecified atom stereocenters. The number of para-hydroxylation sites is 1. The van der Waals surface area contributed by atoms with Crippen LogP contribution in [0.5, 0.6) is 5.75 Å². The van der Waals surface area contributed by atoms with Crippen molar-refractivity contribution in [1.82, 2.24) is 0 Å². The minimum atomic E-state index is -0.502. The summed E-state index contributed by atoms with van der Waals surface area (Å²) < 4.78 is 11.2. The molecule has 2 aromatic carbocycles. The summed E-state index contributed by atoms with van der Waals surface area (Å²) in [6.07, 6.45) is 1.63. The number of methoxy groups -OCH3 is 1. The Hall–Kier alpha value is -2.10. The van der Waals surface area contributed by atoms with Gasteiger partial charge in [0.25, 0.3) is 11.1 Å². The Morgan fingerprint density at radius 2 is 1.79 bits per heavy atom. The van der Waals surface area contributed by atoms with Gasteiger partial charge in [0, 0.05) is 0 Å². The Bertz CT molecular complexity index is 955. The average molecular weight is 527 g/mol. The van der Waals surface area contributed by atoms with Crippen molar-refractivity contribution in [2.45, 2.75) is 0 Å². The SMILES string of the molecule is COC(=O)COc1c(Br)cc(/C=C2\SC(=O)N(c3ccccc3)C2=O)cc1Br. The third-order valence-corrected chi connectivity index (χ3v) is 5.74. The molecule has 2 amide bonds. The maximum Gasteiger partial charge on any atom is 0.343 e. The summed E-state index contributed by atoms with van der Waals surface area (Å²) in [6.45, 7) is -0.233. The van der Waals surface area contributed by atoms with Crippen LogP contribution in [0.25, 0.3) is 6.08 Å². The Kier molecular flexibility index (Phi) is 6.58. The van der Waals surface area contributed by atoms with Crippen LogP contribution >= 0.6 is 43.6 Å². The lowest BCUT2D eigenvalue weighted by molar-refractivity contribution is -0.142. The second kappa shape index (κ2) is 8.93. The van der Waals surface area contributed by atoms with Gasteiger partial charge < -0.3 is 9.47 Å². The van der Waals surface area contributed by atoms with Crippen molar-refractivity contribution < 1.29 is 23.9 Å². The first-order valence-corrected chi connectivity index (χ1v) is 10.3. The molecule has 0 spiro atoms. The molecular formula is C19H13Br2NO5S. The fourth-order valence-electron chi connectivity index (χ4n) is 2.41. The van der Waals surface area contributed by atoms with Crippen LogP contribution in [-0.2, 0) is 14.3 Å². The number of carbonyl (C=O) groups excluding carboxylic acids is 3. The summed E-state index contributed by atoms with van der Waals surface area (Å²) in [7, 11) is 1.28. The number of imide groups is 1. The fourth-order valence-corrected chi connectivity index (χ4v) is 4.70. The molecule has 0 aromatic heterocycles. The van der Waals surface area contributed by atoms with Crippen LogP contribution < -0.4 is 9.64 Å². The smallest absolute Gasteiger partial charge is 0.343 e. The lowest BCUT2D eigenvalue weighted by Crippen LogP contribution is -2.27. The normalized spacial score (nSPS) is 15.2. The molecule has 6 nitrogen and oxygen atoms in total. The quantitative estimate of drug-likeness (QED) is 0.403. The molecule has 1 aliphatic heterocycles. The molecule has 3 rings (SSSR count). The molecule has 1 aliphatic rings. The number of nitrogens with zero attached hydrogens (tertiary/aromatic N) is 1. The second-order valence-corrected chi connectivity index (χ2v) is 8.23. The number of rotatable bonds is 5. The number of benzene rings is 2. The first-order chi connectivity index (χ1) is 13.4. The summed E-state index contributed by atoms with van der Waals surface area (Å²) in [6, 6.07) is 12.2. The number of halogens is 2. The summed E-state index contributed by atoms with van der Waals surface area (Å²) in [5, 5.41) is -0.349. The van der Waals surface area contributed by atoms with Gasteiger partial charge in [-0.3, -0.25) is 9.59 Å². The van der Waals surface area contributed by atoms with Crippen LogP contribution in [0.2, 0.25) is 0 Å². The minimum Gasteiger partial charge on any atom is -0.480 e. The molecule has 2 aromatic rings. The van der Waals surface area contributed by atoms with E-state index in [1.54, 1.807) is 42.5 Å². The molecule has 0 bridgehead atoms. The number of carbonyl (C=O) groups is 3. The van der Waals surface area contributed by atoms with Gasteiger partial charge in [0.05, 0.1) is 26.6 Å². The van der Waals surface area contributed by atoms with E-state index in [4.69, 9.17) is 4.74 Å². The number of thioether (sulfide) groups is 1. The van der Waals surface area contributed by atoms with Gasteiger partial charge in [0.2, 0.25) is 0 Å². The highest BCUT2D eigenvalue weighted by atomic mass is 79.9. The number of ether oxygens (including phenoxy) is 2. The van der Waals surface area contributed by atoms with Crippen molar-refractivity contribution in [3.8, 4) is 5.75 Å². The molecule has 1 heterocycles. The van der Waals surface area contributed by atoms with E-state index in [0.29, 0.717) is 30.9 Å². The molecule has 0 atom stereocenters. The van der Waals surface area contributed by atoms with E-state index in [-0.39, 0.29) is 17.8 Å². The minimum absolute atomic E-state index is 0.233. The Morgan fingerprint density at radius 3 is 2.39 bits per heavy atom. The summed E-state index contributed by atoms with van der Waals surface area (Å²) >= 11 is 7.66. The lowest BCUT2D eigenvalue weighted by atomic mass is 10.2. The molecule has 0 radical (unpaired) electrons. The highest BCUT2D eigenvalue weighted by molar-refractivity contribution is 9.11. The topological polar surface area (TPSA) is 72.9 Å². The summed E-state index contributed by atoms with van der Waals surface area (Å²) in [5.41, 5.74) is 1.21. The van der Waals surface area contributed by atoms with Crippen LogP contribution in [0.3, 0.4) is 0 Å². The third kappa shape index (κ3) is 4.48. The van der Waals surface area contributed by atoms with Gasteiger partial charge in [0.1, 0.15) is 5.75 Å². The third-order valence-electron chi connectivity index (χ3n) is 3.69. The molecule has 9 heteroatoms. The predicted molar refractivity (Wildman–Crippen MR) is 114 cm³/mol. The zero-order valence-electron chi connectivity index (χ0n) is 14.5. The molecule has 144 valence electrons.